The summed E-state index contributed by atoms with van der Waals surface area (Å²) >= 11 is 0. The largest absolute Gasteiger partial charge is 0.395 e. The van der Waals surface area contributed by atoms with Crippen molar-refractivity contribution < 1.29 is 8.42 Å². The number of benzene rings is 2. The van der Waals surface area contributed by atoms with Crippen LogP contribution in [-0.2, 0) is 10.0 Å². The molecular weight excluding hydrogens is 334 g/mol. The van der Waals surface area contributed by atoms with Crippen molar-refractivity contribution in [2.45, 2.75) is 25.2 Å². The van der Waals surface area contributed by atoms with Gasteiger partial charge in [-0.3, -0.25) is 0 Å². The summed E-state index contributed by atoms with van der Waals surface area (Å²) in [7, 11) is -3.64. The van der Waals surface area contributed by atoms with Crippen molar-refractivity contribution >= 4 is 27.3 Å². The molecule has 0 fully saturated rings. The van der Waals surface area contributed by atoms with Gasteiger partial charge in [0, 0.05) is 6.07 Å². The van der Waals surface area contributed by atoms with E-state index < -0.39 is 10.0 Å². The molecule has 0 radical (unpaired) electrons. The summed E-state index contributed by atoms with van der Waals surface area (Å²) in [5.41, 5.74) is 2.67. The quantitative estimate of drug-likeness (QED) is 0.764. The molecule has 2 heterocycles. The van der Waals surface area contributed by atoms with E-state index in [2.05, 4.69) is 9.98 Å². The van der Waals surface area contributed by atoms with Gasteiger partial charge < -0.3 is 0 Å². The summed E-state index contributed by atoms with van der Waals surface area (Å²) in [6.45, 7) is 4.14. The highest BCUT2D eigenvalue weighted by Gasteiger charge is 2.32. The molecule has 2 aliphatic heterocycles. The first-order chi connectivity index (χ1) is 12.0. The molecule has 0 saturated carbocycles. The average Bonchev–Trinajstić information content (AvgIpc) is 2.89. The Hall–Kier alpha value is -2.60. The van der Waals surface area contributed by atoms with Crippen LogP contribution in [0.5, 0.6) is 0 Å². The molecule has 0 aromatic heterocycles. The minimum Gasteiger partial charge on any atom is -0.236 e. The Bertz CT molecular complexity index is 1160. The van der Waals surface area contributed by atoms with Crippen molar-refractivity contribution in [2.24, 2.45) is 9.98 Å². The second-order valence-electron chi connectivity index (χ2n) is 6.22. The number of rotatable bonds is 2. The predicted octanol–water partition coefficient (Wildman–Crippen LogP) is 1.26. The van der Waals surface area contributed by atoms with E-state index >= 15 is 0 Å². The summed E-state index contributed by atoms with van der Waals surface area (Å²) in [5, 5.41) is 1.47. The number of aryl methyl sites for hydroxylation is 1. The van der Waals surface area contributed by atoms with Crippen molar-refractivity contribution in [3.8, 4) is 0 Å². The normalized spacial score (nSPS) is 16.7. The van der Waals surface area contributed by atoms with Gasteiger partial charge in [-0.25, -0.2) is 9.98 Å². The van der Waals surface area contributed by atoms with Gasteiger partial charge in [0.1, 0.15) is 16.4 Å². The molecule has 0 saturated heterocycles. The Morgan fingerprint density at radius 1 is 0.960 bits per heavy atom. The molecule has 0 N–H and O–H groups in total. The van der Waals surface area contributed by atoms with Gasteiger partial charge in [-0.15, -0.1) is 3.98 Å². The molecule has 2 aliphatic rings. The van der Waals surface area contributed by atoms with E-state index in [1.165, 1.54) is 3.98 Å². The fourth-order valence-electron chi connectivity index (χ4n) is 3.20. The summed E-state index contributed by atoms with van der Waals surface area (Å²) in [6.07, 6.45) is 0.538. The van der Waals surface area contributed by atoms with Gasteiger partial charge in [-0.05, 0) is 32.0 Å². The van der Waals surface area contributed by atoms with Crippen molar-refractivity contribution in [3.05, 3.63) is 64.7 Å². The first kappa shape index (κ1) is 15.9. The molecule has 0 atom stereocenters. The minimum absolute atomic E-state index is 0.298. The lowest BCUT2D eigenvalue weighted by Crippen LogP contribution is -2.43. The predicted molar refractivity (Wildman–Crippen MR) is 98.7 cm³/mol. The SMILES string of the molecule is CC1=NC2=c3ccccc3=[N+](S(=O)(=O)c3ccc(C)cc3)CCC2=N1. The average molecular weight is 352 g/mol. The first-order valence-electron chi connectivity index (χ1n) is 8.16. The molecule has 126 valence electrons. The number of para-hydroxylation sites is 1. The lowest BCUT2D eigenvalue weighted by molar-refractivity contribution is 0.567. The summed E-state index contributed by atoms with van der Waals surface area (Å²) in [5.74, 6) is 0.717. The van der Waals surface area contributed by atoms with E-state index in [1.54, 1.807) is 12.1 Å². The molecular formula is C19H18N3O2S+. The lowest BCUT2D eigenvalue weighted by Gasteiger charge is -2.04. The number of aliphatic imine (C=N–C) groups is 2. The Balaban J connectivity index is 2.06. The molecule has 2 aromatic carbocycles. The molecule has 0 aliphatic carbocycles. The summed E-state index contributed by atoms with van der Waals surface area (Å²) < 4.78 is 28.0. The zero-order chi connectivity index (χ0) is 17.6. The highest BCUT2D eigenvalue weighted by Crippen LogP contribution is 2.16. The standard InChI is InChI=1S/C19H18N3O2S/c1-13-7-9-15(10-8-13)25(23,24)22-12-11-17-19(21-14(2)20-17)16-5-3-4-6-18(16)22/h3-10H,11-12H2,1-2H3/q+1. The van der Waals surface area contributed by atoms with E-state index in [0.717, 1.165) is 28.0 Å². The molecule has 25 heavy (non-hydrogen) atoms. The molecule has 0 amide bonds. The monoisotopic (exact) mass is 352 g/mol. The molecule has 0 unspecified atom stereocenters. The smallest absolute Gasteiger partial charge is 0.236 e. The van der Waals surface area contributed by atoms with Crippen molar-refractivity contribution in [1.82, 2.24) is 3.98 Å². The second kappa shape index (κ2) is 5.74. The Morgan fingerprint density at radius 3 is 2.44 bits per heavy atom. The van der Waals surface area contributed by atoms with Crippen LogP contribution in [0.25, 0.3) is 5.70 Å². The third kappa shape index (κ3) is 2.62. The highest BCUT2D eigenvalue weighted by atomic mass is 32.2. The van der Waals surface area contributed by atoms with E-state index in [0.29, 0.717) is 23.2 Å². The van der Waals surface area contributed by atoms with Gasteiger partial charge in [-0.2, -0.15) is 8.42 Å². The zero-order valence-electron chi connectivity index (χ0n) is 14.1. The highest BCUT2D eigenvalue weighted by molar-refractivity contribution is 7.89. The Kier molecular flexibility index (Phi) is 3.65. The summed E-state index contributed by atoms with van der Waals surface area (Å²) in [6, 6.07) is 14.4. The van der Waals surface area contributed by atoms with Gasteiger partial charge in [0.2, 0.25) is 5.36 Å². The van der Waals surface area contributed by atoms with Gasteiger partial charge in [0.25, 0.3) is 0 Å². The third-order valence-corrected chi connectivity index (χ3v) is 6.26. The van der Waals surface area contributed by atoms with Crippen LogP contribution < -0.4 is 14.6 Å². The molecule has 4 rings (SSSR count). The number of hydrogen-bond donors (Lipinski definition) is 0. The molecule has 0 spiro atoms. The van der Waals surface area contributed by atoms with Crippen molar-refractivity contribution in [3.63, 3.8) is 0 Å². The van der Waals surface area contributed by atoms with E-state index in [4.69, 9.17) is 0 Å². The fraction of sp³-hybridized carbons (Fsp3) is 0.211. The maximum atomic E-state index is 13.2. The van der Waals surface area contributed by atoms with Gasteiger partial charge in [0.05, 0.1) is 17.4 Å². The van der Waals surface area contributed by atoms with Crippen LogP contribution in [0.15, 0.2) is 63.4 Å². The number of hydrogen-bond acceptors (Lipinski definition) is 4. The van der Waals surface area contributed by atoms with Crippen LogP contribution in [0, 0.1) is 6.92 Å². The van der Waals surface area contributed by atoms with E-state index in [9.17, 15) is 8.42 Å². The Morgan fingerprint density at radius 2 is 1.68 bits per heavy atom. The maximum Gasteiger partial charge on any atom is 0.395 e. The maximum absolute atomic E-state index is 13.2. The number of amidine groups is 1. The molecule has 2 aromatic rings. The van der Waals surface area contributed by atoms with Gasteiger partial charge >= 0.3 is 10.0 Å². The van der Waals surface area contributed by atoms with Crippen molar-refractivity contribution in [2.75, 3.05) is 6.54 Å². The van der Waals surface area contributed by atoms with Gasteiger partial charge in [0.15, 0.2) is 6.54 Å². The molecule has 6 heteroatoms. The number of fused-ring (bicyclic) bond motifs is 2. The van der Waals surface area contributed by atoms with Crippen LogP contribution in [0.3, 0.4) is 0 Å². The minimum atomic E-state index is -3.64. The second-order valence-corrected chi connectivity index (χ2v) is 8.09. The van der Waals surface area contributed by atoms with Crippen LogP contribution >= 0.6 is 0 Å². The lowest BCUT2D eigenvalue weighted by atomic mass is 10.1. The first-order valence-corrected chi connectivity index (χ1v) is 9.60. The molecule has 5 nitrogen and oxygen atoms in total. The summed E-state index contributed by atoms with van der Waals surface area (Å²) in [4.78, 5) is 9.30. The van der Waals surface area contributed by atoms with E-state index in [1.807, 2.05) is 50.2 Å². The number of nitrogens with zero attached hydrogens (tertiary/aromatic N) is 3. The van der Waals surface area contributed by atoms with Gasteiger partial charge in [-0.1, -0.05) is 29.8 Å². The fourth-order valence-corrected chi connectivity index (χ4v) is 4.68. The van der Waals surface area contributed by atoms with Crippen LogP contribution in [0.2, 0.25) is 0 Å². The van der Waals surface area contributed by atoms with Crippen LogP contribution in [0.1, 0.15) is 18.9 Å². The Labute approximate surface area is 146 Å². The number of sulfonamides is 1. The molecule has 0 bridgehead atoms. The van der Waals surface area contributed by atoms with Crippen molar-refractivity contribution in [1.29, 1.82) is 0 Å². The van der Waals surface area contributed by atoms with Crippen LogP contribution in [0.4, 0.5) is 0 Å². The van der Waals surface area contributed by atoms with E-state index in [-0.39, 0.29) is 0 Å². The van der Waals surface area contributed by atoms with Crippen LogP contribution in [-0.4, -0.2) is 26.5 Å². The topological polar surface area (TPSA) is 61.9 Å². The third-order valence-electron chi connectivity index (χ3n) is 4.43. The zero-order valence-corrected chi connectivity index (χ0v) is 14.9.